The molecule has 24 heavy (non-hydrogen) atoms. The summed E-state index contributed by atoms with van der Waals surface area (Å²) in [6.45, 7) is 0.193. The van der Waals surface area contributed by atoms with Crippen LogP contribution in [0.3, 0.4) is 0 Å². The quantitative estimate of drug-likeness (QED) is 0.692. The third-order valence-electron chi connectivity index (χ3n) is 3.68. The Morgan fingerprint density at radius 2 is 2.08 bits per heavy atom. The first-order valence-corrected chi connectivity index (χ1v) is 7.48. The first-order chi connectivity index (χ1) is 11.7. The van der Waals surface area contributed by atoms with Crippen LogP contribution in [0.1, 0.15) is 10.4 Å². The summed E-state index contributed by atoms with van der Waals surface area (Å²) in [7, 11) is 1.73. The Kier molecular flexibility index (Phi) is 4.44. The van der Waals surface area contributed by atoms with Crippen molar-refractivity contribution in [2.45, 2.75) is 0 Å². The van der Waals surface area contributed by atoms with Gasteiger partial charge in [-0.2, -0.15) is 0 Å². The molecule has 0 radical (unpaired) electrons. The molecule has 0 unspecified atom stereocenters. The van der Waals surface area contributed by atoms with E-state index in [1.165, 1.54) is 0 Å². The Labute approximate surface area is 140 Å². The zero-order valence-corrected chi connectivity index (χ0v) is 13.3. The van der Waals surface area contributed by atoms with Crippen molar-refractivity contribution in [3.05, 3.63) is 66.4 Å². The van der Waals surface area contributed by atoms with Crippen LogP contribution < -0.4 is 9.64 Å². The van der Waals surface area contributed by atoms with Crippen LogP contribution in [-0.4, -0.2) is 24.5 Å². The van der Waals surface area contributed by atoms with Crippen molar-refractivity contribution < 1.29 is 9.53 Å². The van der Waals surface area contributed by atoms with Gasteiger partial charge in [-0.25, -0.2) is 0 Å². The summed E-state index contributed by atoms with van der Waals surface area (Å²) >= 11 is 0. The number of terminal acetylenes is 1. The molecule has 0 spiro atoms. The predicted molar refractivity (Wildman–Crippen MR) is 95.2 cm³/mol. The number of fused-ring (bicyclic) bond motifs is 1. The molecule has 4 nitrogen and oxygen atoms in total. The fourth-order valence-corrected chi connectivity index (χ4v) is 2.43. The maximum absolute atomic E-state index is 12.7. The van der Waals surface area contributed by atoms with Crippen LogP contribution in [0.25, 0.3) is 10.9 Å². The van der Waals surface area contributed by atoms with Gasteiger partial charge in [0.25, 0.3) is 5.91 Å². The SMILES string of the molecule is C#CCOc1cccc(N(C)C(=O)c2ccc3ncccc3c2)c1. The number of anilines is 1. The summed E-state index contributed by atoms with van der Waals surface area (Å²) in [5.74, 6) is 2.95. The lowest BCUT2D eigenvalue weighted by atomic mass is 10.1. The third kappa shape index (κ3) is 3.21. The van der Waals surface area contributed by atoms with Crippen LogP contribution in [0.2, 0.25) is 0 Å². The second-order valence-electron chi connectivity index (χ2n) is 5.27. The van der Waals surface area contributed by atoms with E-state index in [0.717, 1.165) is 16.6 Å². The van der Waals surface area contributed by atoms with Gasteiger partial charge in [0.2, 0.25) is 0 Å². The Morgan fingerprint density at radius 3 is 2.92 bits per heavy atom. The van der Waals surface area contributed by atoms with E-state index in [1.54, 1.807) is 36.3 Å². The molecule has 0 fully saturated rings. The Balaban J connectivity index is 1.86. The molecule has 0 N–H and O–H groups in total. The van der Waals surface area contributed by atoms with Gasteiger partial charge < -0.3 is 9.64 Å². The molecular formula is C20H16N2O2. The van der Waals surface area contributed by atoms with Gasteiger partial charge in [-0.3, -0.25) is 9.78 Å². The molecular weight excluding hydrogens is 300 g/mol. The minimum atomic E-state index is -0.102. The molecule has 4 heteroatoms. The fourth-order valence-electron chi connectivity index (χ4n) is 2.43. The highest BCUT2D eigenvalue weighted by atomic mass is 16.5. The first kappa shape index (κ1) is 15.6. The maximum atomic E-state index is 12.7. The molecule has 0 bridgehead atoms. The van der Waals surface area contributed by atoms with E-state index in [-0.39, 0.29) is 12.5 Å². The van der Waals surface area contributed by atoms with Crippen molar-refractivity contribution in [1.29, 1.82) is 0 Å². The van der Waals surface area contributed by atoms with Gasteiger partial charge in [0.1, 0.15) is 12.4 Å². The third-order valence-corrected chi connectivity index (χ3v) is 3.68. The maximum Gasteiger partial charge on any atom is 0.258 e. The van der Waals surface area contributed by atoms with E-state index >= 15 is 0 Å². The van der Waals surface area contributed by atoms with E-state index in [0.29, 0.717) is 11.3 Å². The van der Waals surface area contributed by atoms with Gasteiger partial charge in [-0.15, -0.1) is 6.42 Å². The van der Waals surface area contributed by atoms with Crippen molar-refractivity contribution in [1.82, 2.24) is 4.98 Å². The van der Waals surface area contributed by atoms with Gasteiger partial charge in [0.05, 0.1) is 5.52 Å². The largest absolute Gasteiger partial charge is 0.481 e. The van der Waals surface area contributed by atoms with E-state index in [1.807, 2.05) is 36.4 Å². The normalized spacial score (nSPS) is 10.2. The number of carbonyl (C=O) groups is 1. The Bertz CT molecular complexity index is 928. The number of aromatic nitrogens is 1. The molecule has 1 amide bonds. The molecule has 3 rings (SSSR count). The number of rotatable bonds is 4. The number of pyridine rings is 1. The van der Waals surface area contributed by atoms with Crippen molar-refractivity contribution in [3.8, 4) is 18.1 Å². The summed E-state index contributed by atoms with van der Waals surface area (Å²) in [4.78, 5) is 18.6. The molecule has 0 atom stereocenters. The van der Waals surface area contributed by atoms with E-state index in [4.69, 9.17) is 11.2 Å². The lowest BCUT2D eigenvalue weighted by Gasteiger charge is -2.18. The van der Waals surface area contributed by atoms with Crippen LogP contribution in [0.5, 0.6) is 5.75 Å². The van der Waals surface area contributed by atoms with Crippen molar-refractivity contribution in [2.24, 2.45) is 0 Å². The Morgan fingerprint density at radius 1 is 1.21 bits per heavy atom. The van der Waals surface area contributed by atoms with E-state index in [2.05, 4.69) is 10.9 Å². The molecule has 0 aliphatic rings. The standard InChI is InChI=1S/C20H16N2O2/c1-3-12-24-18-8-4-7-17(14-18)22(2)20(23)16-9-10-19-15(13-16)6-5-11-21-19/h1,4-11,13-14H,12H2,2H3. The first-order valence-electron chi connectivity index (χ1n) is 7.48. The highest BCUT2D eigenvalue weighted by Gasteiger charge is 2.14. The van der Waals surface area contributed by atoms with Crippen LogP contribution in [0.4, 0.5) is 5.69 Å². The highest BCUT2D eigenvalue weighted by Crippen LogP contribution is 2.22. The summed E-state index contributed by atoms with van der Waals surface area (Å²) < 4.78 is 5.41. The zero-order valence-electron chi connectivity index (χ0n) is 13.3. The summed E-state index contributed by atoms with van der Waals surface area (Å²) in [5, 5.41) is 0.933. The number of amides is 1. The second kappa shape index (κ2) is 6.84. The van der Waals surface area contributed by atoms with Gasteiger partial charge in [0.15, 0.2) is 0 Å². The van der Waals surface area contributed by atoms with Crippen molar-refractivity contribution >= 4 is 22.5 Å². The number of carbonyl (C=O) groups excluding carboxylic acids is 1. The van der Waals surface area contributed by atoms with E-state index in [9.17, 15) is 4.79 Å². The van der Waals surface area contributed by atoms with Crippen molar-refractivity contribution in [2.75, 3.05) is 18.6 Å². The van der Waals surface area contributed by atoms with E-state index < -0.39 is 0 Å². The molecule has 0 saturated heterocycles. The number of ether oxygens (including phenoxy) is 1. The average Bonchev–Trinajstić information content (AvgIpc) is 2.65. The van der Waals surface area contributed by atoms with Gasteiger partial charge in [0, 0.05) is 35.9 Å². The summed E-state index contributed by atoms with van der Waals surface area (Å²) in [6, 6.07) is 16.5. The minimum Gasteiger partial charge on any atom is -0.481 e. The molecule has 3 aromatic rings. The molecule has 1 heterocycles. The van der Waals surface area contributed by atoms with Crippen molar-refractivity contribution in [3.63, 3.8) is 0 Å². The zero-order chi connectivity index (χ0) is 16.9. The second-order valence-corrected chi connectivity index (χ2v) is 5.27. The topological polar surface area (TPSA) is 42.4 Å². The van der Waals surface area contributed by atoms with Gasteiger partial charge in [-0.1, -0.05) is 18.1 Å². The number of nitrogens with zero attached hydrogens (tertiary/aromatic N) is 2. The number of hydrogen-bond acceptors (Lipinski definition) is 3. The minimum absolute atomic E-state index is 0.102. The van der Waals surface area contributed by atoms with Gasteiger partial charge in [-0.05, 0) is 36.4 Å². The lowest BCUT2D eigenvalue weighted by Crippen LogP contribution is -2.26. The lowest BCUT2D eigenvalue weighted by molar-refractivity contribution is 0.0993. The number of hydrogen-bond donors (Lipinski definition) is 0. The molecule has 0 aliphatic heterocycles. The average molecular weight is 316 g/mol. The van der Waals surface area contributed by atoms with Crippen LogP contribution in [0.15, 0.2) is 60.8 Å². The van der Waals surface area contributed by atoms with Crippen LogP contribution in [-0.2, 0) is 0 Å². The highest BCUT2D eigenvalue weighted by molar-refractivity contribution is 6.07. The Hall–Kier alpha value is -3.32. The summed E-state index contributed by atoms with van der Waals surface area (Å²) in [5.41, 5.74) is 2.20. The molecule has 0 aliphatic carbocycles. The van der Waals surface area contributed by atoms with Crippen LogP contribution >= 0.6 is 0 Å². The molecule has 0 saturated carbocycles. The molecule has 1 aromatic heterocycles. The predicted octanol–water partition coefficient (Wildman–Crippen LogP) is 3.52. The molecule has 2 aromatic carbocycles. The fraction of sp³-hybridized carbons (Fsp3) is 0.100. The monoisotopic (exact) mass is 316 g/mol. The molecule has 118 valence electrons. The smallest absolute Gasteiger partial charge is 0.258 e. The van der Waals surface area contributed by atoms with Crippen LogP contribution in [0, 0.1) is 12.3 Å². The van der Waals surface area contributed by atoms with Gasteiger partial charge >= 0.3 is 0 Å². The summed E-state index contributed by atoms with van der Waals surface area (Å²) in [6.07, 6.45) is 6.93. The number of benzene rings is 2.